The molecule has 0 atom stereocenters. The number of phenolic OH excluding ortho intramolecular Hbond substituents is 1. The number of hydrogen-bond donors (Lipinski definition) is 1. The van der Waals surface area contributed by atoms with Crippen LogP contribution >= 0.6 is 0 Å². The van der Waals surface area contributed by atoms with Crippen LogP contribution in [0.15, 0.2) is 72.8 Å². The standard InChI is InChI=1S/C20H17FO2/c21-18-8-6-15(7-9-18)12-17-13-19(22)10-11-20(17)23-14-16-4-2-1-3-5-16/h1-11,13,22H,12,14H2. The van der Waals surface area contributed by atoms with E-state index in [0.717, 1.165) is 22.4 Å². The molecule has 0 unspecified atom stereocenters. The Balaban J connectivity index is 1.78. The van der Waals surface area contributed by atoms with Gasteiger partial charge in [-0.3, -0.25) is 0 Å². The van der Waals surface area contributed by atoms with Gasteiger partial charge in [0, 0.05) is 12.0 Å². The van der Waals surface area contributed by atoms with Crippen molar-refractivity contribution in [2.45, 2.75) is 13.0 Å². The molecule has 0 saturated carbocycles. The summed E-state index contributed by atoms with van der Waals surface area (Å²) in [6.45, 7) is 0.460. The van der Waals surface area contributed by atoms with Crippen LogP contribution in [0.5, 0.6) is 11.5 Å². The van der Waals surface area contributed by atoms with Gasteiger partial charge in [-0.15, -0.1) is 0 Å². The molecule has 2 nitrogen and oxygen atoms in total. The summed E-state index contributed by atoms with van der Waals surface area (Å²) in [5, 5.41) is 9.73. The predicted molar refractivity (Wildman–Crippen MR) is 88.1 cm³/mol. The van der Waals surface area contributed by atoms with Gasteiger partial charge >= 0.3 is 0 Å². The van der Waals surface area contributed by atoms with Crippen LogP contribution in [0.25, 0.3) is 0 Å². The first kappa shape index (κ1) is 15.1. The van der Waals surface area contributed by atoms with Gasteiger partial charge in [0.25, 0.3) is 0 Å². The van der Waals surface area contributed by atoms with Crippen molar-refractivity contribution >= 4 is 0 Å². The first-order valence-electron chi connectivity index (χ1n) is 7.44. The lowest BCUT2D eigenvalue weighted by molar-refractivity contribution is 0.303. The lowest BCUT2D eigenvalue weighted by atomic mass is 10.0. The molecule has 23 heavy (non-hydrogen) atoms. The number of rotatable bonds is 5. The summed E-state index contributed by atoms with van der Waals surface area (Å²) in [5.41, 5.74) is 2.91. The third-order valence-electron chi connectivity index (χ3n) is 3.59. The molecule has 0 aliphatic carbocycles. The molecule has 0 fully saturated rings. The van der Waals surface area contributed by atoms with E-state index in [0.29, 0.717) is 13.0 Å². The highest BCUT2D eigenvalue weighted by atomic mass is 19.1. The van der Waals surface area contributed by atoms with Crippen LogP contribution in [0.3, 0.4) is 0 Å². The van der Waals surface area contributed by atoms with Gasteiger partial charge in [0.2, 0.25) is 0 Å². The first-order valence-corrected chi connectivity index (χ1v) is 7.44. The Morgan fingerprint density at radius 1 is 0.826 bits per heavy atom. The molecular formula is C20H17FO2. The van der Waals surface area contributed by atoms with E-state index in [9.17, 15) is 9.50 Å². The number of hydrogen-bond acceptors (Lipinski definition) is 2. The summed E-state index contributed by atoms with van der Waals surface area (Å²) < 4.78 is 18.9. The minimum atomic E-state index is -0.259. The Bertz CT molecular complexity index is 767. The minimum Gasteiger partial charge on any atom is -0.508 e. The van der Waals surface area contributed by atoms with Crippen molar-refractivity contribution < 1.29 is 14.2 Å². The van der Waals surface area contributed by atoms with Crippen LogP contribution in [0.1, 0.15) is 16.7 Å². The predicted octanol–water partition coefficient (Wildman–Crippen LogP) is 4.70. The van der Waals surface area contributed by atoms with Crippen LogP contribution in [0.4, 0.5) is 4.39 Å². The van der Waals surface area contributed by atoms with Gasteiger partial charge in [-0.25, -0.2) is 4.39 Å². The normalized spacial score (nSPS) is 10.5. The Morgan fingerprint density at radius 2 is 1.57 bits per heavy atom. The Kier molecular flexibility index (Phi) is 4.57. The SMILES string of the molecule is Oc1ccc(OCc2ccccc2)c(Cc2ccc(F)cc2)c1. The summed E-state index contributed by atoms with van der Waals surface area (Å²) in [5.74, 6) is 0.648. The molecule has 3 aromatic rings. The smallest absolute Gasteiger partial charge is 0.123 e. The van der Waals surface area contributed by atoms with Gasteiger partial charge in [-0.05, 0) is 41.5 Å². The number of ether oxygens (including phenoxy) is 1. The Labute approximate surface area is 134 Å². The van der Waals surface area contributed by atoms with Gasteiger partial charge in [0.05, 0.1) is 0 Å². The second-order valence-corrected chi connectivity index (χ2v) is 5.37. The second kappa shape index (κ2) is 6.97. The Morgan fingerprint density at radius 3 is 2.30 bits per heavy atom. The average Bonchev–Trinajstić information content (AvgIpc) is 2.57. The van der Waals surface area contributed by atoms with E-state index >= 15 is 0 Å². The van der Waals surface area contributed by atoms with E-state index in [1.54, 1.807) is 30.3 Å². The van der Waals surface area contributed by atoms with Crippen LogP contribution < -0.4 is 4.74 Å². The number of benzene rings is 3. The summed E-state index contributed by atoms with van der Waals surface area (Å²) in [4.78, 5) is 0. The monoisotopic (exact) mass is 308 g/mol. The summed E-state index contributed by atoms with van der Waals surface area (Å²) >= 11 is 0. The molecule has 1 N–H and O–H groups in total. The third-order valence-corrected chi connectivity index (χ3v) is 3.59. The van der Waals surface area contributed by atoms with Crippen molar-refractivity contribution in [1.29, 1.82) is 0 Å². The summed E-state index contributed by atoms with van der Waals surface area (Å²) in [6.07, 6.45) is 0.568. The van der Waals surface area contributed by atoms with Gasteiger partial charge in [0.1, 0.15) is 23.9 Å². The van der Waals surface area contributed by atoms with E-state index in [1.807, 2.05) is 30.3 Å². The zero-order chi connectivity index (χ0) is 16.1. The molecule has 0 heterocycles. The van der Waals surface area contributed by atoms with Crippen LogP contribution in [0.2, 0.25) is 0 Å². The molecule has 3 aromatic carbocycles. The van der Waals surface area contributed by atoms with Crippen molar-refractivity contribution in [3.05, 3.63) is 95.3 Å². The van der Waals surface area contributed by atoms with E-state index in [-0.39, 0.29) is 11.6 Å². The largest absolute Gasteiger partial charge is 0.508 e. The first-order chi connectivity index (χ1) is 11.2. The molecule has 0 aliphatic rings. The lowest BCUT2D eigenvalue weighted by Crippen LogP contribution is -1.99. The van der Waals surface area contributed by atoms with Gasteiger partial charge in [0.15, 0.2) is 0 Å². The zero-order valence-electron chi connectivity index (χ0n) is 12.6. The molecule has 0 aromatic heterocycles. The third kappa shape index (κ3) is 4.10. The van der Waals surface area contributed by atoms with Crippen LogP contribution in [0, 0.1) is 5.82 Å². The molecular weight excluding hydrogens is 291 g/mol. The summed E-state index contributed by atoms with van der Waals surface area (Å²) in [6, 6.07) is 21.3. The Hall–Kier alpha value is -2.81. The molecule has 3 heteroatoms. The highest BCUT2D eigenvalue weighted by molar-refractivity contribution is 5.42. The van der Waals surface area contributed by atoms with Crippen LogP contribution in [-0.4, -0.2) is 5.11 Å². The van der Waals surface area contributed by atoms with E-state index in [2.05, 4.69) is 0 Å². The molecule has 0 bridgehead atoms. The topological polar surface area (TPSA) is 29.5 Å². The molecule has 0 amide bonds. The highest BCUT2D eigenvalue weighted by Gasteiger charge is 2.07. The van der Waals surface area contributed by atoms with Gasteiger partial charge in [-0.1, -0.05) is 42.5 Å². The van der Waals surface area contributed by atoms with E-state index in [4.69, 9.17) is 4.74 Å². The van der Waals surface area contributed by atoms with Crippen molar-refractivity contribution in [2.24, 2.45) is 0 Å². The number of halogens is 1. The number of aromatic hydroxyl groups is 1. The molecule has 0 aliphatic heterocycles. The minimum absolute atomic E-state index is 0.189. The fraction of sp³-hybridized carbons (Fsp3) is 0.100. The van der Waals surface area contributed by atoms with Gasteiger partial charge in [-0.2, -0.15) is 0 Å². The fourth-order valence-corrected chi connectivity index (χ4v) is 2.40. The van der Waals surface area contributed by atoms with Crippen molar-refractivity contribution in [2.75, 3.05) is 0 Å². The lowest BCUT2D eigenvalue weighted by Gasteiger charge is -2.12. The molecule has 0 radical (unpaired) electrons. The molecule has 0 saturated heterocycles. The fourth-order valence-electron chi connectivity index (χ4n) is 2.40. The maximum atomic E-state index is 13.0. The van der Waals surface area contributed by atoms with Crippen molar-refractivity contribution in [3.63, 3.8) is 0 Å². The van der Waals surface area contributed by atoms with E-state index < -0.39 is 0 Å². The quantitative estimate of drug-likeness (QED) is 0.740. The van der Waals surface area contributed by atoms with Crippen molar-refractivity contribution in [1.82, 2.24) is 0 Å². The molecule has 116 valence electrons. The zero-order valence-corrected chi connectivity index (χ0v) is 12.6. The maximum absolute atomic E-state index is 13.0. The molecule has 3 rings (SSSR count). The van der Waals surface area contributed by atoms with E-state index in [1.165, 1.54) is 12.1 Å². The second-order valence-electron chi connectivity index (χ2n) is 5.37. The highest BCUT2D eigenvalue weighted by Crippen LogP contribution is 2.27. The maximum Gasteiger partial charge on any atom is 0.123 e. The molecule has 0 spiro atoms. The van der Waals surface area contributed by atoms with Crippen molar-refractivity contribution in [3.8, 4) is 11.5 Å². The van der Waals surface area contributed by atoms with Crippen LogP contribution in [-0.2, 0) is 13.0 Å². The average molecular weight is 308 g/mol. The number of phenols is 1. The summed E-state index contributed by atoms with van der Waals surface area (Å²) in [7, 11) is 0. The van der Waals surface area contributed by atoms with Gasteiger partial charge < -0.3 is 9.84 Å².